The second-order valence-electron chi connectivity index (χ2n) is 8.49. The van der Waals surface area contributed by atoms with E-state index >= 15 is 0 Å². The predicted molar refractivity (Wildman–Crippen MR) is 128 cm³/mol. The number of likely N-dealkylation sites (tertiary alicyclic amines) is 1. The van der Waals surface area contributed by atoms with Crippen molar-refractivity contribution in [1.29, 1.82) is 0 Å². The van der Waals surface area contributed by atoms with E-state index in [0.29, 0.717) is 6.54 Å². The molecule has 5 rings (SSSR count). The monoisotopic (exact) mass is 425 g/mol. The van der Waals surface area contributed by atoms with Gasteiger partial charge in [0.1, 0.15) is 6.10 Å². The molecule has 0 saturated carbocycles. The summed E-state index contributed by atoms with van der Waals surface area (Å²) in [6.45, 7) is 2.55. The van der Waals surface area contributed by atoms with E-state index in [4.69, 9.17) is 9.84 Å². The summed E-state index contributed by atoms with van der Waals surface area (Å²) in [6, 6.07) is 26.0. The van der Waals surface area contributed by atoms with Crippen LogP contribution in [0.5, 0.6) is 0 Å². The molecule has 0 spiro atoms. The summed E-state index contributed by atoms with van der Waals surface area (Å²) < 4.78 is 5.02. The van der Waals surface area contributed by atoms with Crippen molar-refractivity contribution in [3.05, 3.63) is 90.0 Å². The lowest BCUT2D eigenvalue weighted by molar-refractivity contribution is 0.0140. The number of fused-ring (bicyclic) bond motifs is 5. The molecule has 0 aromatic heterocycles. The van der Waals surface area contributed by atoms with Gasteiger partial charge in [0.25, 0.3) is 0 Å². The number of nitrogens with zero attached hydrogens (tertiary/aromatic N) is 1. The predicted octanol–water partition coefficient (Wildman–Crippen LogP) is 6.31. The number of rotatable bonds is 4. The Morgan fingerprint density at radius 2 is 1.38 bits per heavy atom. The van der Waals surface area contributed by atoms with Crippen molar-refractivity contribution in [1.82, 2.24) is 4.90 Å². The Labute approximate surface area is 188 Å². The van der Waals surface area contributed by atoms with Crippen LogP contribution in [0.3, 0.4) is 0 Å². The summed E-state index contributed by atoms with van der Waals surface area (Å²) in [5, 5.41) is 8.93. The molecule has 3 aromatic rings. The van der Waals surface area contributed by atoms with Gasteiger partial charge in [-0.3, -0.25) is 4.90 Å². The first-order valence-corrected chi connectivity index (χ1v) is 11.3. The van der Waals surface area contributed by atoms with Gasteiger partial charge in [-0.2, -0.15) is 0 Å². The van der Waals surface area contributed by atoms with Gasteiger partial charge in [-0.15, -0.1) is 0 Å². The van der Waals surface area contributed by atoms with E-state index in [0.717, 1.165) is 32.4 Å². The smallest absolute Gasteiger partial charge is 0.450 e. The summed E-state index contributed by atoms with van der Waals surface area (Å²) in [5.41, 5.74) is 8.85. The van der Waals surface area contributed by atoms with Gasteiger partial charge in [0.15, 0.2) is 0 Å². The third-order valence-electron chi connectivity index (χ3n) is 6.47. The van der Waals surface area contributed by atoms with Crippen LogP contribution in [0.1, 0.15) is 30.4 Å². The topological polar surface area (TPSA) is 49.8 Å². The standard InChI is InChI=1S/C28H27NO3/c30-28(31)32-20-9-7-17-29(19-20)18-8-16-27-25-14-5-3-12-23(25)21-10-1-2-11-22(21)24-13-4-6-15-26(24)27/h1-6,10-16,20H,7-9,17-19H2,(H,30,31)/t20-/m1/s1. The average Bonchev–Trinajstić information content (AvgIpc) is 2.93. The molecule has 32 heavy (non-hydrogen) atoms. The van der Waals surface area contributed by atoms with Crippen LogP contribution >= 0.6 is 0 Å². The zero-order valence-corrected chi connectivity index (χ0v) is 18.0. The minimum atomic E-state index is -1.18. The van der Waals surface area contributed by atoms with Crippen LogP contribution in [0.15, 0.2) is 78.9 Å². The van der Waals surface area contributed by atoms with Crippen molar-refractivity contribution in [3.8, 4) is 22.3 Å². The highest BCUT2D eigenvalue weighted by molar-refractivity contribution is 6.01. The van der Waals surface area contributed by atoms with Gasteiger partial charge < -0.3 is 9.84 Å². The van der Waals surface area contributed by atoms with Gasteiger partial charge in [-0.25, -0.2) is 4.79 Å². The maximum absolute atomic E-state index is 10.9. The van der Waals surface area contributed by atoms with E-state index in [1.807, 2.05) is 0 Å². The van der Waals surface area contributed by atoms with Gasteiger partial charge in [0, 0.05) is 13.1 Å². The zero-order valence-electron chi connectivity index (χ0n) is 18.0. The fourth-order valence-corrected chi connectivity index (χ4v) is 5.07. The van der Waals surface area contributed by atoms with E-state index < -0.39 is 6.16 Å². The minimum absolute atomic E-state index is 0.220. The molecule has 0 unspecified atom stereocenters. The van der Waals surface area contributed by atoms with Crippen LogP contribution in [-0.2, 0) is 4.74 Å². The van der Waals surface area contributed by atoms with E-state index in [1.165, 1.54) is 39.0 Å². The van der Waals surface area contributed by atoms with Gasteiger partial charge >= 0.3 is 6.16 Å². The van der Waals surface area contributed by atoms with E-state index in [2.05, 4.69) is 83.8 Å². The zero-order chi connectivity index (χ0) is 21.9. The number of hydrogen-bond acceptors (Lipinski definition) is 3. The molecule has 1 saturated heterocycles. The Kier molecular flexibility index (Phi) is 5.78. The van der Waals surface area contributed by atoms with Crippen molar-refractivity contribution >= 4 is 11.7 Å². The van der Waals surface area contributed by atoms with Crippen LogP contribution < -0.4 is 0 Å². The number of benzene rings is 3. The van der Waals surface area contributed by atoms with Gasteiger partial charge in [0.2, 0.25) is 0 Å². The summed E-state index contributed by atoms with van der Waals surface area (Å²) in [7, 11) is 0. The SMILES string of the molecule is O=C(O)O[C@@H]1CCCN(CCC=C2c3ccccc3-c3ccccc3-c3ccccc32)C1. The average molecular weight is 426 g/mol. The molecule has 1 aliphatic carbocycles. The summed E-state index contributed by atoms with van der Waals surface area (Å²) >= 11 is 0. The molecular formula is C28H27NO3. The first-order chi connectivity index (χ1) is 15.7. The third kappa shape index (κ3) is 4.06. The summed E-state index contributed by atoms with van der Waals surface area (Å²) in [5.74, 6) is 0. The Morgan fingerprint density at radius 1 is 0.875 bits per heavy atom. The van der Waals surface area contributed by atoms with Crippen LogP contribution in [0.25, 0.3) is 27.8 Å². The molecule has 0 radical (unpaired) electrons. The van der Waals surface area contributed by atoms with Gasteiger partial charge in [0.05, 0.1) is 0 Å². The largest absolute Gasteiger partial charge is 0.506 e. The maximum Gasteiger partial charge on any atom is 0.506 e. The van der Waals surface area contributed by atoms with Gasteiger partial charge in [-0.05, 0) is 64.8 Å². The maximum atomic E-state index is 10.9. The molecule has 3 aromatic carbocycles. The number of ether oxygens (including phenoxy) is 1. The van der Waals surface area contributed by atoms with Gasteiger partial charge in [-0.1, -0.05) is 78.9 Å². The Morgan fingerprint density at radius 3 is 1.91 bits per heavy atom. The highest BCUT2D eigenvalue weighted by Gasteiger charge is 2.24. The normalized spacial score (nSPS) is 17.5. The first kappa shape index (κ1) is 20.5. The molecular weight excluding hydrogens is 398 g/mol. The number of carboxylic acid groups (broad SMARTS) is 1. The quantitative estimate of drug-likeness (QED) is 0.389. The molecule has 1 atom stereocenters. The lowest BCUT2D eigenvalue weighted by Crippen LogP contribution is -2.40. The molecule has 162 valence electrons. The lowest BCUT2D eigenvalue weighted by Gasteiger charge is -2.31. The molecule has 1 heterocycles. The second-order valence-corrected chi connectivity index (χ2v) is 8.49. The Balaban J connectivity index is 1.47. The Bertz CT molecular complexity index is 1100. The summed E-state index contributed by atoms with van der Waals surface area (Å²) in [6.07, 6.45) is 3.63. The molecule has 1 fully saturated rings. The molecule has 2 aliphatic rings. The Hall–Kier alpha value is -3.37. The van der Waals surface area contributed by atoms with Crippen molar-refractivity contribution in [2.24, 2.45) is 0 Å². The first-order valence-electron chi connectivity index (χ1n) is 11.3. The molecule has 0 bridgehead atoms. The molecule has 4 nitrogen and oxygen atoms in total. The fraction of sp³-hybridized carbons (Fsp3) is 0.250. The van der Waals surface area contributed by atoms with E-state index in [-0.39, 0.29) is 6.10 Å². The van der Waals surface area contributed by atoms with Crippen LogP contribution in [0.2, 0.25) is 0 Å². The molecule has 1 aliphatic heterocycles. The van der Waals surface area contributed by atoms with Crippen molar-refractivity contribution < 1.29 is 14.6 Å². The fourth-order valence-electron chi connectivity index (χ4n) is 5.07. The highest BCUT2D eigenvalue weighted by Crippen LogP contribution is 2.45. The van der Waals surface area contributed by atoms with Crippen LogP contribution in [0.4, 0.5) is 4.79 Å². The van der Waals surface area contributed by atoms with Crippen LogP contribution in [0, 0.1) is 0 Å². The molecule has 0 amide bonds. The number of hydrogen-bond donors (Lipinski definition) is 1. The summed E-state index contributed by atoms with van der Waals surface area (Å²) in [4.78, 5) is 13.2. The third-order valence-corrected chi connectivity index (χ3v) is 6.47. The number of carbonyl (C=O) groups is 1. The van der Waals surface area contributed by atoms with Crippen molar-refractivity contribution in [3.63, 3.8) is 0 Å². The number of piperidine rings is 1. The van der Waals surface area contributed by atoms with Crippen LogP contribution in [-0.4, -0.2) is 41.9 Å². The highest BCUT2D eigenvalue weighted by atomic mass is 16.7. The second kappa shape index (κ2) is 9.01. The molecule has 1 N–H and O–H groups in total. The van der Waals surface area contributed by atoms with E-state index in [9.17, 15) is 4.79 Å². The lowest BCUT2D eigenvalue weighted by atomic mass is 9.92. The van der Waals surface area contributed by atoms with E-state index in [1.54, 1.807) is 0 Å². The minimum Gasteiger partial charge on any atom is -0.450 e. The molecule has 4 heteroatoms. The van der Waals surface area contributed by atoms with Crippen molar-refractivity contribution in [2.45, 2.75) is 25.4 Å². The van der Waals surface area contributed by atoms with Crippen molar-refractivity contribution in [2.75, 3.05) is 19.6 Å².